The van der Waals surface area contributed by atoms with Crippen molar-refractivity contribution in [3.63, 3.8) is 0 Å². The molecule has 0 saturated heterocycles. The third-order valence-electron chi connectivity index (χ3n) is 5.15. The second-order valence-corrected chi connectivity index (χ2v) is 7.90. The topological polar surface area (TPSA) is 33.3 Å². The van der Waals surface area contributed by atoms with Gasteiger partial charge in [0.25, 0.3) is 0 Å². The first-order chi connectivity index (χ1) is 13.3. The van der Waals surface area contributed by atoms with Crippen LogP contribution < -0.4 is 4.57 Å². The van der Waals surface area contributed by atoms with E-state index in [0.29, 0.717) is 13.2 Å². The monoisotopic (exact) mass is 378 g/mol. The van der Waals surface area contributed by atoms with E-state index in [1.807, 2.05) is 35.2 Å². The van der Waals surface area contributed by atoms with E-state index in [1.165, 1.54) is 83.5 Å². The van der Waals surface area contributed by atoms with Crippen molar-refractivity contribution in [2.75, 3.05) is 13.2 Å². The van der Waals surface area contributed by atoms with Gasteiger partial charge < -0.3 is 9.84 Å². The van der Waals surface area contributed by atoms with Crippen LogP contribution in [0.1, 0.15) is 96.8 Å². The highest BCUT2D eigenvalue weighted by Gasteiger charge is 2.10. The zero-order chi connectivity index (χ0) is 19.4. The molecule has 0 radical (unpaired) electrons. The maximum Gasteiger partial charge on any atom is 0.176 e. The Hall–Kier alpha value is -0.930. The number of hydrogen-bond acceptors (Lipinski definition) is 2. The number of aliphatic hydroxyl groups excluding tert-OH is 1. The van der Waals surface area contributed by atoms with E-state index in [0.717, 1.165) is 13.0 Å². The standard InChI is InChI=1S/C24H44NO2/c1-2-3-4-5-6-7-8-9-10-11-12-13-14-18-21-27-23-24(26)22-25-19-16-15-17-20-25/h15-17,19-20,24,26H,2-14,18,21-23H2,1H3/q+1. The number of ether oxygens (including phenoxy) is 1. The fraction of sp³-hybridized carbons (Fsp3) is 0.792. The summed E-state index contributed by atoms with van der Waals surface area (Å²) in [5, 5.41) is 9.97. The van der Waals surface area contributed by atoms with Gasteiger partial charge in [0.1, 0.15) is 6.10 Å². The van der Waals surface area contributed by atoms with E-state index >= 15 is 0 Å². The summed E-state index contributed by atoms with van der Waals surface area (Å²) >= 11 is 0. The van der Waals surface area contributed by atoms with Gasteiger partial charge in [0, 0.05) is 18.7 Å². The lowest BCUT2D eigenvalue weighted by atomic mass is 10.0. The van der Waals surface area contributed by atoms with Gasteiger partial charge in [-0.15, -0.1) is 0 Å². The third-order valence-corrected chi connectivity index (χ3v) is 5.15. The Bertz CT molecular complexity index is 410. The minimum absolute atomic E-state index is 0.427. The fourth-order valence-electron chi connectivity index (χ4n) is 3.47. The zero-order valence-corrected chi connectivity index (χ0v) is 17.8. The highest BCUT2D eigenvalue weighted by atomic mass is 16.5. The summed E-state index contributed by atoms with van der Waals surface area (Å²) in [6.45, 7) is 4.08. The molecule has 1 heterocycles. The molecule has 1 atom stereocenters. The second-order valence-electron chi connectivity index (χ2n) is 7.90. The molecule has 3 nitrogen and oxygen atoms in total. The molecule has 0 spiro atoms. The number of rotatable bonds is 19. The smallest absolute Gasteiger partial charge is 0.176 e. The molecule has 1 rings (SSSR count). The fourth-order valence-corrected chi connectivity index (χ4v) is 3.47. The Morgan fingerprint density at radius 1 is 0.704 bits per heavy atom. The lowest BCUT2D eigenvalue weighted by Gasteiger charge is -2.08. The van der Waals surface area contributed by atoms with Crippen molar-refractivity contribution in [1.29, 1.82) is 0 Å². The summed E-state index contributed by atoms with van der Waals surface area (Å²) in [5.41, 5.74) is 0. The van der Waals surface area contributed by atoms with E-state index in [-0.39, 0.29) is 0 Å². The van der Waals surface area contributed by atoms with Gasteiger partial charge in [-0.3, -0.25) is 0 Å². The molecular formula is C24H44NO2+. The Kier molecular flexibility index (Phi) is 16.5. The molecule has 0 bridgehead atoms. The van der Waals surface area contributed by atoms with Gasteiger partial charge in [0.2, 0.25) is 0 Å². The molecule has 0 aromatic carbocycles. The quantitative estimate of drug-likeness (QED) is 0.242. The van der Waals surface area contributed by atoms with Crippen LogP contribution in [-0.4, -0.2) is 24.4 Å². The Morgan fingerprint density at radius 3 is 1.70 bits per heavy atom. The van der Waals surface area contributed by atoms with E-state index in [4.69, 9.17) is 4.74 Å². The van der Waals surface area contributed by atoms with E-state index in [1.54, 1.807) is 0 Å². The molecule has 0 fully saturated rings. The average Bonchev–Trinajstić information content (AvgIpc) is 2.68. The number of aromatic nitrogens is 1. The predicted molar refractivity (Wildman–Crippen MR) is 114 cm³/mol. The molecular weight excluding hydrogens is 334 g/mol. The van der Waals surface area contributed by atoms with Gasteiger partial charge in [-0.1, -0.05) is 96.5 Å². The average molecular weight is 379 g/mol. The van der Waals surface area contributed by atoms with Crippen LogP contribution in [0.3, 0.4) is 0 Å². The van der Waals surface area contributed by atoms with Crippen molar-refractivity contribution >= 4 is 0 Å². The number of nitrogens with zero attached hydrogens (tertiary/aromatic N) is 1. The summed E-state index contributed by atoms with van der Waals surface area (Å²) in [5.74, 6) is 0. The maximum atomic E-state index is 9.97. The summed E-state index contributed by atoms with van der Waals surface area (Å²) < 4.78 is 7.60. The maximum absolute atomic E-state index is 9.97. The highest BCUT2D eigenvalue weighted by molar-refractivity contribution is 4.83. The van der Waals surface area contributed by atoms with Crippen LogP contribution in [0.15, 0.2) is 30.6 Å². The molecule has 1 unspecified atom stereocenters. The summed E-state index contributed by atoms with van der Waals surface area (Å²) in [6, 6.07) is 5.93. The first-order valence-corrected chi connectivity index (χ1v) is 11.5. The van der Waals surface area contributed by atoms with Crippen molar-refractivity contribution < 1.29 is 14.4 Å². The van der Waals surface area contributed by atoms with E-state index in [9.17, 15) is 5.11 Å². The zero-order valence-electron chi connectivity index (χ0n) is 17.8. The Labute approximate surface area is 168 Å². The molecule has 0 aliphatic heterocycles. The second kappa shape index (κ2) is 18.4. The van der Waals surface area contributed by atoms with Gasteiger partial charge in [-0.25, -0.2) is 4.57 Å². The number of unbranched alkanes of at least 4 members (excludes halogenated alkanes) is 13. The van der Waals surface area contributed by atoms with Gasteiger partial charge in [0.15, 0.2) is 18.9 Å². The van der Waals surface area contributed by atoms with Crippen molar-refractivity contribution in [2.24, 2.45) is 0 Å². The summed E-state index contributed by atoms with van der Waals surface area (Å²) in [4.78, 5) is 0. The molecule has 1 N–H and O–H groups in total. The van der Waals surface area contributed by atoms with Crippen LogP contribution in [0.5, 0.6) is 0 Å². The van der Waals surface area contributed by atoms with Gasteiger partial charge in [0.05, 0.1) is 6.61 Å². The first kappa shape index (κ1) is 24.1. The predicted octanol–water partition coefficient (Wildman–Crippen LogP) is 5.83. The van der Waals surface area contributed by atoms with Gasteiger partial charge in [-0.05, 0) is 6.42 Å². The normalized spacial score (nSPS) is 12.4. The molecule has 0 aliphatic carbocycles. The van der Waals surface area contributed by atoms with Crippen molar-refractivity contribution in [1.82, 2.24) is 0 Å². The molecule has 27 heavy (non-hydrogen) atoms. The lowest BCUT2D eigenvalue weighted by Crippen LogP contribution is -2.40. The van der Waals surface area contributed by atoms with Crippen LogP contribution in [-0.2, 0) is 11.3 Å². The molecule has 156 valence electrons. The number of aliphatic hydroxyl groups is 1. The molecule has 0 aliphatic rings. The van der Waals surface area contributed by atoms with Gasteiger partial charge >= 0.3 is 0 Å². The lowest BCUT2D eigenvalue weighted by molar-refractivity contribution is -0.703. The first-order valence-electron chi connectivity index (χ1n) is 11.5. The molecule has 0 saturated carbocycles. The third kappa shape index (κ3) is 15.8. The van der Waals surface area contributed by atoms with E-state index in [2.05, 4.69) is 6.92 Å². The SMILES string of the molecule is CCCCCCCCCCCCCCCCOCC(O)C[n+]1ccccc1. The van der Waals surface area contributed by atoms with Crippen molar-refractivity contribution in [2.45, 2.75) is 109 Å². The van der Waals surface area contributed by atoms with Crippen molar-refractivity contribution in [3.05, 3.63) is 30.6 Å². The van der Waals surface area contributed by atoms with Crippen LogP contribution in [0, 0.1) is 0 Å². The Balaban J connectivity index is 1.75. The van der Waals surface area contributed by atoms with Crippen LogP contribution in [0.25, 0.3) is 0 Å². The number of pyridine rings is 1. The molecule has 0 amide bonds. The molecule has 1 aromatic rings. The van der Waals surface area contributed by atoms with Crippen LogP contribution >= 0.6 is 0 Å². The number of hydrogen-bond donors (Lipinski definition) is 1. The largest absolute Gasteiger partial charge is 0.384 e. The molecule has 1 aromatic heterocycles. The minimum Gasteiger partial charge on any atom is -0.384 e. The van der Waals surface area contributed by atoms with Crippen LogP contribution in [0.4, 0.5) is 0 Å². The van der Waals surface area contributed by atoms with Crippen molar-refractivity contribution in [3.8, 4) is 0 Å². The minimum atomic E-state index is -0.427. The van der Waals surface area contributed by atoms with Crippen LogP contribution in [0.2, 0.25) is 0 Å². The summed E-state index contributed by atoms with van der Waals surface area (Å²) in [7, 11) is 0. The Morgan fingerprint density at radius 2 is 1.19 bits per heavy atom. The molecule has 3 heteroatoms. The highest BCUT2D eigenvalue weighted by Crippen LogP contribution is 2.12. The summed E-state index contributed by atoms with van der Waals surface area (Å²) in [6.07, 6.45) is 22.8. The van der Waals surface area contributed by atoms with E-state index < -0.39 is 6.10 Å². The van der Waals surface area contributed by atoms with Gasteiger partial charge in [-0.2, -0.15) is 0 Å².